The predicted octanol–water partition coefficient (Wildman–Crippen LogP) is 1.91. The smallest absolute Gasteiger partial charge is 0.161 e. The minimum Gasteiger partial charge on any atom is -0.493 e. The number of rotatable bonds is 6. The van der Waals surface area contributed by atoms with E-state index in [2.05, 4.69) is 41.4 Å². The molecule has 5 nitrogen and oxygen atoms in total. The Bertz CT molecular complexity index is 445. The van der Waals surface area contributed by atoms with Gasteiger partial charge in [0.25, 0.3) is 0 Å². The van der Waals surface area contributed by atoms with Crippen molar-refractivity contribution in [3.63, 3.8) is 0 Å². The third-order valence-electron chi connectivity index (χ3n) is 4.06. The monoisotopic (exact) mass is 293 g/mol. The van der Waals surface area contributed by atoms with Gasteiger partial charge in [0.05, 0.1) is 14.2 Å². The van der Waals surface area contributed by atoms with E-state index in [1.54, 1.807) is 14.2 Å². The molecule has 1 heterocycles. The molecule has 1 aromatic rings. The van der Waals surface area contributed by atoms with Gasteiger partial charge in [-0.3, -0.25) is 0 Å². The molecular weight excluding hydrogens is 266 g/mol. The van der Waals surface area contributed by atoms with Gasteiger partial charge in [-0.1, -0.05) is 13.0 Å². The fourth-order valence-corrected chi connectivity index (χ4v) is 2.63. The minimum atomic E-state index is 0.299. The fraction of sp³-hybridized carbons (Fsp3) is 0.625. The van der Waals surface area contributed by atoms with E-state index in [1.165, 1.54) is 5.56 Å². The van der Waals surface area contributed by atoms with Crippen molar-refractivity contribution >= 4 is 0 Å². The van der Waals surface area contributed by atoms with E-state index in [0.29, 0.717) is 6.04 Å². The maximum absolute atomic E-state index is 5.40. The summed E-state index contributed by atoms with van der Waals surface area (Å²) in [6.07, 6.45) is 1.03. The molecule has 1 aliphatic rings. The highest BCUT2D eigenvalue weighted by molar-refractivity contribution is 5.43. The number of methoxy groups -OCH3 is 2. The molecule has 1 unspecified atom stereocenters. The van der Waals surface area contributed by atoms with Crippen LogP contribution < -0.4 is 14.9 Å². The third kappa shape index (κ3) is 4.09. The van der Waals surface area contributed by atoms with Gasteiger partial charge < -0.3 is 14.4 Å². The molecule has 21 heavy (non-hydrogen) atoms. The lowest BCUT2D eigenvalue weighted by atomic mass is 10.0. The molecule has 0 aliphatic carbocycles. The van der Waals surface area contributed by atoms with E-state index in [1.807, 2.05) is 6.07 Å². The number of ether oxygens (including phenoxy) is 2. The van der Waals surface area contributed by atoms with E-state index in [-0.39, 0.29) is 0 Å². The second kappa shape index (κ2) is 7.64. The van der Waals surface area contributed by atoms with Crippen molar-refractivity contribution < 1.29 is 9.47 Å². The zero-order valence-corrected chi connectivity index (χ0v) is 13.6. The molecule has 0 spiro atoms. The van der Waals surface area contributed by atoms with E-state index >= 15 is 0 Å². The van der Waals surface area contributed by atoms with Crippen LogP contribution in [0, 0.1) is 0 Å². The minimum absolute atomic E-state index is 0.299. The average Bonchev–Trinajstić information content (AvgIpc) is 2.53. The Morgan fingerprint density at radius 1 is 1.10 bits per heavy atom. The van der Waals surface area contributed by atoms with Crippen LogP contribution >= 0.6 is 0 Å². The molecule has 2 rings (SSSR count). The number of likely N-dealkylation sites (N-methyl/N-ethyl adjacent to an activating group) is 1. The Labute approximate surface area is 127 Å². The van der Waals surface area contributed by atoms with Gasteiger partial charge >= 0.3 is 0 Å². The summed E-state index contributed by atoms with van der Waals surface area (Å²) >= 11 is 0. The molecule has 1 fully saturated rings. The molecule has 0 aromatic heterocycles. The highest BCUT2D eigenvalue weighted by Crippen LogP contribution is 2.31. The number of hydrogen-bond donors (Lipinski definition) is 1. The topological polar surface area (TPSA) is 37.0 Å². The Hall–Kier alpha value is -1.30. The largest absolute Gasteiger partial charge is 0.493 e. The molecule has 0 radical (unpaired) electrons. The third-order valence-corrected chi connectivity index (χ3v) is 4.06. The molecule has 1 N–H and O–H groups in total. The van der Waals surface area contributed by atoms with Crippen molar-refractivity contribution in [2.75, 3.05) is 47.4 Å². The Balaban J connectivity index is 2.06. The van der Waals surface area contributed by atoms with Gasteiger partial charge in [-0.15, -0.1) is 0 Å². The predicted molar refractivity (Wildman–Crippen MR) is 84.8 cm³/mol. The first-order chi connectivity index (χ1) is 10.2. The number of nitrogens with zero attached hydrogens (tertiary/aromatic N) is 2. The van der Waals surface area contributed by atoms with Gasteiger partial charge in [-0.05, 0) is 31.2 Å². The molecule has 0 bridgehead atoms. The molecule has 1 atom stereocenters. The zero-order valence-electron chi connectivity index (χ0n) is 13.6. The van der Waals surface area contributed by atoms with E-state index in [4.69, 9.17) is 9.47 Å². The van der Waals surface area contributed by atoms with Gasteiger partial charge in [-0.2, -0.15) is 0 Å². The lowest BCUT2D eigenvalue weighted by Crippen LogP contribution is -2.51. The quantitative estimate of drug-likeness (QED) is 0.867. The molecule has 1 aliphatic heterocycles. The van der Waals surface area contributed by atoms with E-state index in [9.17, 15) is 0 Å². The molecule has 0 amide bonds. The highest BCUT2D eigenvalue weighted by Gasteiger charge is 2.19. The van der Waals surface area contributed by atoms with Gasteiger partial charge in [0.15, 0.2) is 11.5 Å². The van der Waals surface area contributed by atoms with Crippen LogP contribution in [0.5, 0.6) is 11.5 Å². The standard InChI is InChI=1S/C16H27N3O2/c1-5-14(17-19-10-8-18(2)9-11-19)13-6-7-15(20-3)16(12-13)21-4/h6-7,12,14,17H,5,8-11H2,1-4H3. The maximum atomic E-state index is 5.40. The summed E-state index contributed by atoms with van der Waals surface area (Å²) in [5.41, 5.74) is 4.87. The molecule has 1 aromatic carbocycles. The first-order valence-electron chi connectivity index (χ1n) is 7.59. The van der Waals surface area contributed by atoms with Crippen LogP contribution in [0.1, 0.15) is 24.9 Å². The van der Waals surface area contributed by atoms with E-state index in [0.717, 1.165) is 44.1 Å². The van der Waals surface area contributed by atoms with Crippen LogP contribution in [0.4, 0.5) is 0 Å². The number of nitrogens with one attached hydrogen (secondary N) is 1. The maximum Gasteiger partial charge on any atom is 0.161 e. The normalized spacial score (nSPS) is 18.5. The summed E-state index contributed by atoms with van der Waals surface area (Å²) in [4.78, 5) is 2.36. The van der Waals surface area contributed by atoms with Gasteiger partial charge in [0, 0.05) is 32.2 Å². The van der Waals surface area contributed by atoms with Crippen molar-refractivity contribution in [1.29, 1.82) is 0 Å². The van der Waals surface area contributed by atoms with Gasteiger partial charge in [0.2, 0.25) is 0 Å². The van der Waals surface area contributed by atoms with Crippen LogP contribution in [0.3, 0.4) is 0 Å². The molecule has 5 heteroatoms. The molecular formula is C16H27N3O2. The van der Waals surface area contributed by atoms with Crippen LogP contribution in [0.15, 0.2) is 18.2 Å². The number of benzene rings is 1. The van der Waals surface area contributed by atoms with Crippen LogP contribution in [0.2, 0.25) is 0 Å². The van der Waals surface area contributed by atoms with Crippen molar-refractivity contribution in [2.24, 2.45) is 0 Å². The van der Waals surface area contributed by atoms with Crippen LogP contribution in [0.25, 0.3) is 0 Å². The zero-order chi connectivity index (χ0) is 15.2. The van der Waals surface area contributed by atoms with Crippen LogP contribution in [-0.4, -0.2) is 57.4 Å². The summed E-state index contributed by atoms with van der Waals surface area (Å²) in [6.45, 7) is 6.52. The second-order valence-corrected chi connectivity index (χ2v) is 5.49. The van der Waals surface area contributed by atoms with Crippen molar-refractivity contribution in [3.8, 4) is 11.5 Å². The van der Waals surface area contributed by atoms with Crippen molar-refractivity contribution in [1.82, 2.24) is 15.3 Å². The summed E-state index contributed by atoms with van der Waals surface area (Å²) in [5, 5.41) is 2.32. The molecule has 118 valence electrons. The second-order valence-electron chi connectivity index (χ2n) is 5.49. The Kier molecular flexibility index (Phi) is 5.85. The number of piperazine rings is 1. The van der Waals surface area contributed by atoms with Gasteiger partial charge in [-0.25, -0.2) is 10.4 Å². The number of hydrogen-bond acceptors (Lipinski definition) is 5. The van der Waals surface area contributed by atoms with Gasteiger partial charge in [0.1, 0.15) is 0 Å². The summed E-state index contributed by atoms with van der Waals surface area (Å²) in [5.74, 6) is 1.56. The average molecular weight is 293 g/mol. The highest BCUT2D eigenvalue weighted by atomic mass is 16.5. The first-order valence-corrected chi connectivity index (χ1v) is 7.59. The Morgan fingerprint density at radius 2 is 1.76 bits per heavy atom. The van der Waals surface area contributed by atoms with Crippen molar-refractivity contribution in [3.05, 3.63) is 23.8 Å². The first kappa shape index (κ1) is 16.1. The molecule has 0 saturated carbocycles. The lowest BCUT2D eigenvalue weighted by Gasteiger charge is -2.35. The Morgan fingerprint density at radius 3 is 2.33 bits per heavy atom. The summed E-state index contributed by atoms with van der Waals surface area (Å²) < 4.78 is 10.7. The lowest BCUT2D eigenvalue weighted by molar-refractivity contribution is 0.0856. The van der Waals surface area contributed by atoms with Crippen molar-refractivity contribution in [2.45, 2.75) is 19.4 Å². The van der Waals surface area contributed by atoms with Crippen LogP contribution in [-0.2, 0) is 0 Å². The number of hydrazine groups is 1. The summed E-state index contributed by atoms with van der Waals surface area (Å²) in [6, 6.07) is 6.45. The van der Waals surface area contributed by atoms with E-state index < -0.39 is 0 Å². The molecule has 1 saturated heterocycles. The summed E-state index contributed by atoms with van der Waals surface area (Å²) in [7, 11) is 5.51. The SMILES string of the molecule is CCC(NN1CCN(C)CC1)c1ccc(OC)c(OC)c1. The fourth-order valence-electron chi connectivity index (χ4n) is 2.63.